The first-order valence-corrected chi connectivity index (χ1v) is 6.93. The van der Waals surface area contributed by atoms with E-state index in [9.17, 15) is 4.79 Å². The first-order chi connectivity index (χ1) is 8.89. The second kappa shape index (κ2) is 6.43. The number of carbonyl (C=O) groups is 1. The molecule has 1 aromatic rings. The smallest absolute Gasteiger partial charge is 0.231 e. The number of pyridine rings is 1. The lowest BCUT2D eigenvalue weighted by Crippen LogP contribution is -2.49. The summed E-state index contributed by atoms with van der Waals surface area (Å²) in [5.74, 6) is 0.0183. The monoisotopic (exact) mass is 278 g/mol. The molecule has 0 aliphatic carbocycles. The SMILES string of the molecule is CC(C)C(C)(C#N)NC(=O)CSc1ncccc1N. The summed E-state index contributed by atoms with van der Waals surface area (Å²) in [5, 5.41) is 12.5. The highest BCUT2D eigenvalue weighted by Crippen LogP contribution is 2.22. The van der Waals surface area contributed by atoms with Crippen LogP contribution in [0.1, 0.15) is 20.8 Å². The second-order valence-corrected chi connectivity index (χ2v) is 5.67. The minimum Gasteiger partial charge on any atom is -0.397 e. The molecule has 3 N–H and O–H groups in total. The van der Waals surface area contributed by atoms with E-state index in [0.717, 1.165) is 0 Å². The van der Waals surface area contributed by atoms with E-state index in [1.807, 2.05) is 13.8 Å². The van der Waals surface area contributed by atoms with E-state index in [1.165, 1.54) is 11.8 Å². The maximum atomic E-state index is 11.9. The summed E-state index contributed by atoms with van der Waals surface area (Å²) in [5.41, 5.74) is 5.44. The van der Waals surface area contributed by atoms with Crippen molar-refractivity contribution >= 4 is 23.4 Å². The largest absolute Gasteiger partial charge is 0.397 e. The third kappa shape index (κ3) is 4.14. The number of carbonyl (C=O) groups excluding carboxylic acids is 1. The molecule has 0 bridgehead atoms. The Labute approximate surface area is 117 Å². The lowest BCUT2D eigenvalue weighted by Gasteiger charge is -2.27. The minimum absolute atomic E-state index is 0.0337. The second-order valence-electron chi connectivity index (χ2n) is 4.70. The Hall–Kier alpha value is -1.74. The maximum absolute atomic E-state index is 11.9. The standard InChI is InChI=1S/C13H18N4OS/c1-9(2)13(3,8-14)17-11(18)7-19-12-10(15)5-4-6-16-12/h4-6,9H,7,15H2,1-3H3,(H,17,18). The molecule has 0 aliphatic rings. The van der Waals surface area contributed by atoms with Crippen LogP contribution >= 0.6 is 11.8 Å². The van der Waals surface area contributed by atoms with Crippen molar-refractivity contribution in [1.29, 1.82) is 5.26 Å². The normalized spacial score (nSPS) is 13.6. The van der Waals surface area contributed by atoms with E-state index in [4.69, 9.17) is 11.0 Å². The van der Waals surface area contributed by atoms with Gasteiger partial charge in [-0.1, -0.05) is 25.6 Å². The number of rotatable bonds is 5. The van der Waals surface area contributed by atoms with Crippen LogP contribution in [0, 0.1) is 17.2 Å². The van der Waals surface area contributed by atoms with Gasteiger partial charge < -0.3 is 11.1 Å². The number of nitriles is 1. The molecule has 0 aromatic carbocycles. The van der Waals surface area contributed by atoms with Crippen LogP contribution in [0.3, 0.4) is 0 Å². The summed E-state index contributed by atoms with van der Waals surface area (Å²) in [6.07, 6.45) is 1.63. The molecular weight excluding hydrogens is 260 g/mol. The fourth-order valence-electron chi connectivity index (χ4n) is 1.28. The van der Waals surface area contributed by atoms with E-state index in [2.05, 4.69) is 16.4 Å². The van der Waals surface area contributed by atoms with Crippen molar-refractivity contribution in [2.24, 2.45) is 5.92 Å². The molecule has 5 nitrogen and oxygen atoms in total. The van der Waals surface area contributed by atoms with E-state index in [1.54, 1.807) is 25.3 Å². The molecule has 1 heterocycles. The fraction of sp³-hybridized carbons (Fsp3) is 0.462. The molecule has 0 fully saturated rings. The molecule has 0 saturated carbocycles. The molecule has 1 amide bonds. The molecule has 0 radical (unpaired) electrons. The number of aromatic nitrogens is 1. The third-order valence-electron chi connectivity index (χ3n) is 2.93. The number of nitrogens with one attached hydrogen (secondary N) is 1. The van der Waals surface area contributed by atoms with Crippen LogP contribution in [-0.4, -0.2) is 22.2 Å². The zero-order chi connectivity index (χ0) is 14.5. The first kappa shape index (κ1) is 15.3. The van der Waals surface area contributed by atoms with E-state index in [-0.39, 0.29) is 17.6 Å². The van der Waals surface area contributed by atoms with Crippen LogP contribution in [0.15, 0.2) is 23.4 Å². The quantitative estimate of drug-likeness (QED) is 0.801. The molecule has 102 valence electrons. The topological polar surface area (TPSA) is 91.8 Å². The zero-order valence-corrected chi connectivity index (χ0v) is 12.1. The highest BCUT2D eigenvalue weighted by atomic mass is 32.2. The van der Waals surface area contributed by atoms with E-state index < -0.39 is 5.54 Å². The summed E-state index contributed by atoms with van der Waals surface area (Å²) in [7, 11) is 0. The Morgan fingerprint density at radius 1 is 1.68 bits per heavy atom. The van der Waals surface area contributed by atoms with Gasteiger partial charge in [0.15, 0.2) is 0 Å². The van der Waals surface area contributed by atoms with Crippen molar-refractivity contribution < 1.29 is 4.79 Å². The van der Waals surface area contributed by atoms with Crippen molar-refractivity contribution in [3.05, 3.63) is 18.3 Å². The molecule has 0 spiro atoms. The lowest BCUT2D eigenvalue weighted by molar-refractivity contribution is -0.120. The van der Waals surface area contributed by atoms with Crippen molar-refractivity contribution in [2.75, 3.05) is 11.5 Å². The van der Waals surface area contributed by atoms with Crippen LogP contribution < -0.4 is 11.1 Å². The Morgan fingerprint density at radius 3 is 2.89 bits per heavy atom. The van der Waals surface area contributed by atoms with E-state index in [0.29, 0.717) is 10.7 Å². The number of anilines is 1. The maximum Gasteiger partial charge on any atom is 0.231 e. The van der Waals surface area contributed by atoms with Gasteiger partial charge in [-0.05, 0) is 25.0 Å². The van der Waals surface area contributed by atoms with Gasteiger partial charge in [-0.15, -0.1) is 0 Å². The zero-order valence-electron chi connectivity index (χ0n) is 11.3. The molecule has 0 saturated heterocycles. The van der Waals surface area contributed by atoms with E-state index >= 15 is 0 Å². The van der Waals surface area contributed by atoms with Gasteiger partial charge in [-0.25, -0.2) is 4.98 Å². The highest BCUT2D eigenvalue weighted by Gasteiger charge is 2.29. The molecule has 6 heteroatoms. The summed E-state index contributed by atoms with van der Waals surface area (Å²) >= 11 is 1.26. The number of nitrogen functional groups attached to an aromatic ring is 1. The van der Waals surface area contributed by atoms with Crippen LogP contribution in [0.5, 0.6) is 0 Å². The molecule has 19 heavy (non-hydrogen) atoms. The average Bonchev–Trinajstić information content (AvgIpc) is 2.37. The van der Waals surface area contributed by atoms with Gasteiger partial charge in [-0.2, -0.15) is 5.26 Å². The number of hydrogen-bond acceptors (Lipinski definition) is 5. The Bertz CT molecular complexity index is 498. The Balaban J connectivity index is 2.58. The molecule has 1 aromatic heterocycles. The summed E-state index contributed by atoms with van der Waals surface area (Å²) in [6.45, 7) is 5.51. The molecule has 0 aliphatic heterocycles. The third-order valence-corrected chi connectivity index (χ3v) is 3.95. The van der Waals surface area contributed by atoms with Crippen LogP contribution in [0.2, 0.25) is 0 Å². The summed E-state index contributed by atoms with van der Waals surface area (Å²) in [4.78, 5) is 15.9. The summed E-state index contributed by atoms with van der Waals surface area (Å²) in [6, 6.07) is 5.61. The van der Waals surface area contributed by atoms with Gasteiger partial charge in [0.25, 0.3) is 0 Å². The van der Waals surface area contributed by atoms with Gasteiger partial charge in [0.2, 0.25) is 5.91 Å². The number of nitrogens with two attached hydrogens (primary N) is 1. The summed E-state index contributed by atoms with van der Waals surface area (Å²) < 4.78 is 0. The average molecular weight is 278 g/mol. The Kier molecular flexibility index (Phi) is 5.19. The van der Waals surface area contributed by atoms with Gasteiger partial charge in [-0.3, -0.25) is 4.79 Å². The van der Waals surface area contributed by atoms with Gasteiger partial charge in [0.1, 0.15) is 10.6 Å². The molecule has 1 atom stereocenters. The molecule has 1 rings (SSSR count). The van der Waals surface area contributed by atoms with Gasteiger partial charge >= 0.3 is 0 Å². The van der Waals surface area contributed by atoms with Gasteiger partial charge in [0.05, 0.1) is 17.5 Å². The number of nitrogens with zero attached hydrogens (tertiary/aromatic N) is 2. The highest BCUT2D eigenvalue weighted by molar-refractivity contribution is 8.00. The predicted molar refractivity (Wildman–Crippen MR) is 76.4 cm³/mol. The number of hydrogen-bond donors (Lipinski definition) is 2. The fourth-order valence-corrected chi connectivity index (χ4v) is 1.99. The Morgan fingerprint density at radius 2 is 2.37 bits per heavy atom. The van der Waals surface area contributed by atoms with Crippen LogP contribution in [-0.2, 0) is 4.79 Å². The predicted octanol–water partition coefficient (Wildman–Crippen LogP) is 1.81. The van der Waals surface area contributed by atoms with Crippen molar-refractivity contribution in [3.63, 3.8) is 0 Å². The molecular formula is C13H18N4OS. The van der Waals surface area contributed by atoms with Gasteiger partial charge in [0, 0.05) is 6.20 Å². The number of amides is 1. The van der Waals surface area contributed by atoms with Crippen molar-refractivity contribution in [1.82, 2.24) is 10.3 Å². The van der Waals surface area contributed by atoms with Crippen LogP contribution in [0.4, 0.5) is 5.69 Å². The minimum atomic E-state index is -0.854. The van der Waals surface area contributed by atoms with Crippen molar-refractivity contribution in [3.8, 4) is 6.07 Å². The van der Waals surface area contributed by atoms with Crippen LogP contribution in [0.25, 0.3) is 0 Å². The van der Waals surface area contributed by atoms with Crippen molar-refractivity contribution in [2.45, 2.75) is 31.3 Å². The molecule has 1 unspecified atom stereocenters. The number of thioether (sulfide) groups is 1. The first-order valence-electron chi connectivity index (χ1n) is 5.94. The lowest BCUT2D eigenvalue weighted by atomic mass is 9.90.